The summed E-state index contributed by atoms with van der Waals surface area (Å²) in [7, 11) is 0. The van der Waals surface area contributed by atoms with Crippen molar-refractivity contribution in [3.8, 4) is 0 Å². The van der Waals surface area contributed by atoms with Crippen molar-refractivity contribution in [1.82, 2.24) is 0 Å². The highest BCUT2D eigenvalue weighted by molar-refractivity contribution is 5.97. The number of amides is 1. The van der Waals surface area contributed by atoms with Gasteiger partial charge in [-0.05, 0) is 28.5 Å². The largest absolute Gasteiger partial charge is 0.354 e. The van der Waals surface area contributed by atoms with Crippen LogP contribution < -0.4 is 5.32 Å². The van der Waals surface area contributed by atoms with Crippen LogP contribution in [0.25, 0.3) is 10.8 Å². The van der Waals surface area contributed by atoms with Crippen molar-refractivity contribution in [1.29, 1.82) is 0 Å². The van der Waals surface area contributed by atoms with Crippen molar-refractivity contribution in [3.05, 3.63) is 78.4 Å². The predicted molar refractivity (Wildman–Crippen MR) is 86.6 cm³/mol. The van der Waals surface area contributed by atoms with Crippen molar-refractivity contribution in [2.45, 2.75) is 12.2 Å². The summed E-state index contributed by atoms with van der Waals surface area (Å²) < 4.78 is 5.63. The minimum Gasteiger partial charge on any atom is -0.354 e. The first kappa shape index (κ1) is 13.0. The number of hydrogen-bond acceptors (Lipinski definition) is 2. The summed E-state index contributed by atoms with van der Waals surface area (Å²) >= 11 is 0. The summed E-state index contributed by atoms with van der Waals surface area (Å²) in [5.41, 5.74) is 1.87. The number of anilines is 1. The van der Waals surface area contributed by atoms with Crippen molar-refractivity contribution in [2.24, 2.45) is 0 Å². The fourth-order valence-electron chi connectivity index (χ4n) is 2.78. The third-order valence-corrected chi connectivity index (χ3v) is 3.92. The van der Waals surface area contributed by atoms with E-state index in [4.69, 9.17) is 4.74 Å². The maximum Gasteiger partial charge on any atom is 0.256 e. The van der Waals surface area contributed by atoms with E-state index in [9.17, 15) is 4.79 Å². The summed E-state index contributed by atoms with van der Waals surface area (Å²) in [6.07, 6.45) is -0.569. The van der Waals surface area contributed by atoms with Crippen LogP contribution in [0.3, 0.4) is 0 Å². The number of hydrogen-bond donors (Lipinski definition) is 1. The van der Waals surface area contributed by atoms with Gasteiger partial charge >= 0.3 is 0 Å². The van der Waals surface area contributed by atoms with Crippen LogP contribution in [-0.4, -0.2) is 12.0 Å². The van der Waals surface area contributed by atoms with Gasteiger partial charge < -0.3 is 10.1 Å². The lowest BCUT2D eigenvalue weighted by Gasteiger charge is -2.04. The highest BCUT2D eigenvalue weighted by Gasteiger charge is 2.46. The molecule has 0 spiro atoms. The van der Waals surface area contributed by atoms with E-state index in [0.717, 1.165) is 22.0 Å². The van der Waals surface area contributed by atoms with Gasteiger partial charge in [-0.15, -0.1) is 0 Å². The number of nitrogens with one attached hydrogen (secondary N) is 1. The second-order valence-corrected chi connectivity index (χ2v) is 5.40. The van der Waals surface area contributed by atoms with Crippen LogP contribution in [0.2, 0.25) is 0 Å². The van der Waals surface area contributed by atoms with Crippen LogP contribution in [0.5, 0.6) is 0 Å². The Morgan fingerprint density at radius 1 is 0.864 bits per heavy atom. The summed E-state index contributed by atoms with van der Waals surface area (Å²) in [6.45, 7) is 0. The van der Waals surface area contributed by atoms with E-state index in [1.807, 2.05) is 54.6 Å². The van der Waals surface area contributed by atoms with Gasteiger partial charge in [0.15, 0.2) is 6.10 Å². The van der Waals surface area contributed by atoms with E-state index >= 15 is 0 Å². The molecule has 1 fully saturated rings. The molecule has 1 amide bonds. The lowest BCUT2D eigenvalue weighted by atomic mass is 10.0. The van der Waals surface area contributed by atoms with E-state index in [2.05, 4.69) is 23.5 Å². The minimum absolute atomic E-state index is 0.0934. The van der Waals surface area contributed by atoms with Crippen LogP contribution >= 0.6 is 0 Å². The molecular weight excluding hydrogens is 274 g/mol. The Kier molecular flexibility index (Phi) is 3.13. The van der Waals surface area contributed by atoms with Crippen molar-refractivity contribution in [2.75, 3.05) is 5.32 Å². The Hall–Kier alpha value is -2.65. The third kappa shape index (κ3) is 2.36. The quantitative estimate of drug-likeness (QED) is 0.743. The summed E-state index contributed by atoms with van der Waals surface area (Å²) in [5, 5.41) is 5.20. The summed E-state index contributed by atoms with van der Waals surface area (Å²) in [4.78, 5) is 12.3. The molecule has 108 valence electrons. The molecular formula is C19H15NO2. The molecule has 0 aliphatic carbocycles. The Morgan fingerprint density at radius 2 is 1.59 bits per heavy atom. The van der Waals surface area contributed by atoms with Gasteiger partial charge in [-0.1, -0.05) is 60.7 Å². The van der Waals surface area contributed by atoms with Gasteiger partial charge in [-0.25, -0.2) is 0 Å². The fourth-order valence-corrected chi connectivity index (χ4v) is 2.78. The molecule has 1 aliphatic heterocycles. The molecule has 1 aliphatic rings. The Morgan fingerprint density at radius 3 is 2.45 bits per heavy atom. The van der Waals surface area contributed by atoms with E-state index < -0.39 is 6.10 Å². The zero-order valence-electron chi connectivity index (χ0n) is 11.9. The predicted octanol–water partition coefficient (Wildman–Crippen LogP) is 3.92. The van der Waals surface area contributed by atoms with Gasteiger partial charge in [0.25, 0.3) is 5.91 Å². The van der Waals surface area contributed by atoms with Gasteiger partial charge in [0, 0.05) is 5.69 Å². The van der Waals surface area contributed by atoms with Crippen LogP contribution in [0.4, 0.5) is 5.69 Å². The van der Waals surface area contributed by atoms with Crippen molar-refractivity contribution < 1.29 is 9.53 Å². The van der Waals surface area contributed by atoms with Crippen molar-refractivity contribution in [3.63, 3.8) is 0 Å². The first-order valence-corrected chi connectivity index (χ1v) is 7.32. The summed E-state index contributed by atoms with van der Waals surface area (Å²) in [5.74, 6) is -0.0934. The highest BCUT2D eigenvalue weighted by Crippen LogP contribution is 2.42. The van der Waals surface area contributed by atoms with E-state index in [0.29, 0.717) is 0 Å². The maximum atomic E-state index is 12.3. The standard InChI is InChI=1S/C19H15NO2/c21-19(20-14-9-2-1-3-10-14)18-17(22-18)16-12-6-8-13-7-4-5-11-15(13)16/h1-12,17-18H,(H,20,21). The molecule has 2 unspecified atom stereocenters. The monoisotopic (exact) mass is 289 g/mol. The number of para-hydroxylation sites is 1. The molecule has 4 rings (SSSR count). The van der Waals surface area contributed by atoms with Gasteiger partial charge in [-0.3, -0.25) is 4.79 Å². The van der Waals surface area contributed by atoms with Crippen LogP contribution in [0, 0.1) is 0 Å². The molecule has 3 aromatic carbocycles. The molecule has 0 bridgehead atoms. The highest BCUT2D eigenvalue weighted by atomic mass is 16.6. The first-order valence-electron chi connectivity index (χ1n) is 7.32. The Balaban J connectivity index is 1.55. The number of ether oxygens (including phenoxy) is 1. The minimum atomic E-state index is -0.411. The molecule has 3 aromatic rings. The van der Waals surface area contributed by atoms with Crippen LogP contribution in [0.1, 0.15) is 11.7 Å². The van der Waals surface area contributed by atoms with E-state index in [-0.39, 0.29) is 12.0 Å². The van der Waals surface area contributed by atoms with E-state index in [1.54, 1.807) is 0 Å². The van der Waals surface area contributed by atoms with Gasteiger partial charge in [0.2, 0.25) is 0 Å². The number of carbonyl (C=O) groups is 1. The van der Waals surface area contributed by atoms with Crippen LogP contribution in [0.15, 0.2) is 72.8 Å². The summed E-state index contributed by atoms with van der Waals surface area (Å²) in [6, 6.07) is 23.7. The molecule has 1 saturated heterocycles. The lowest BCUT2D eigenvalue weighted by molar-refractivity contribution is -0.117. The van der Waals surface area contributed by atoms with Crippen molar-refractivity contribution >= 4 is 22.4 Å². The molecule has 3 nitrogen and oxygen atoms in total. The van der Waals surface area contributed by atoms with Gasteiger partial charge in [-0.2, -0.15) is 0 Å². The number of benzene rings is 3. The Labute approximate surface area is 128 Å². The van der Waals surface area contributed by atoms with E-state index in [1.165, 1.54) is 0 Å². The average Bonchev–Trinajstić information content (AvgIpc) is 3.36. The molecule has 22 heavy (non-hydrogen) atoms. The van der Waals surface area contributed by atoms with Gasteiger partial charge in [0.05, 0.1) is 0 Å². The maximum absolute atomic E-state index is 12.3. The first-order chi connectivity index (χ1) is 10.8. The molecule has 0 aromatic heterocycles. The second kappa shape index (κ2) is 5.28. The second-order valence-electron chi connectivity index (χ2n) is 5.40. The molecule has 3 heteroatoms. The fraction of sp³-hybridized carbons (Fsp3) is 0.105. The molecule has 0 saturated carbocycles. The average molecular weight is 289 g/mol. The zero-order valence-corrected chi connectivity index (χ0v) is 11.9. The number of rotatable bonds is 3. The third-order valence-electron chi connectivity index (χ3n) is 3.92. The molecule has 1 heterocycles. The Bertz CT molecular complexity index is 824. The van der Waals surface area contributed by atoms with Gasteiger partial charge in [0.1, 0.15) is 6.10 Å². The molecule has 1 N–H and O–H groups in total. The SMILES string of the molecule is O=C(Nc1ccccc1)C1OC1c1cccc2ccccc12. The normalized spacial score (nSPS) is 19.8. The molecule has 0 radical (unpaired) electrons. The topological polar surface area (TPSA) is 41.6 Å². The number of epoxide rings is 1. The smallest absolute Gasteiger partial charge is 0.256 e. The molecule has 2 atom stereocenters. The number of carbonyl (C=O) groups excluding carboxylic acids is 1. The zero-order chi connectivity index (χ0) is 14.9. The number of fused-ring (bicyclic) bond motifs is 1. The van der Waals surface area contributed by atoms with Crippen LogP contribution in [-0.2, 0) is 9.53 Å². The lowest BCUT2D eigenvalue weighted by Crippen LogP contribution is -2.18.